The molecule has 1 saturated heterocycles. The number of amides is 3. The zero-order chi connectivity index (χ0) is 24.3. The number of carbonyl (C=O) groups excluding carboxylic acids is 2. The van der Waals surface area contributed by atoms with E-state index < -0.39 is 29.0 Å². The van der Waals surface area contributed by atoms with Crippen LogP contribution in [-0.4, -0.2) is 31.8 Å². The Morgan fingerprint density at radius 1 is 1.24 bits per heavy atom. The summed E-state index contributed by atoms with van der Waals surface area (Å²) in [4.78, 5) is 25.1. The molecule has 0 aromatic heterocycles. The van der Waals surface area contributed by atoms with Crippen molar-refractivity contribution < 1.29 is 23.1 Å². The van der Waals surface area contributed by atoms with Gasteiger partial charge in [-0.1, -0.05) is 32.7 Å². The van der Waals surface area contributed by atoms with E-state index >= 15 is 8.78 Å². The third kappa shape index (κ3) is 5.30. The van der Waals surface area contributed by atoms with Crippen molar-refractivity contribution in [2.24, 2.45) is 0 Å². The van der Waals surface area contributed by atoms with Crippen LogP contribution in [0.1, 0.15) is 43.9 Å². The number of nitrogens with zero attached hydrogens (tertiary/aromatic N) is 1. The molecular formula is C24H27F2N3O3S. The van der Waals surface area contributed by atoms with Crippen LogP contribution < -0.4 is 19.7 Å². The van der Waals surface area contributed by atoms with E-state index in [9.17, 15) is 9.59 Å². The first-order valence-electron chi connectivity index (χ1n) is 10.4. The molecule has 0 aliphatic carbocycles. The highest BCUT2D eigenvalue weighted by Crippen LogP contribution is 2.42. The highest BCUT2D eigenvalue weighted by Gasteiger charge is 2.32. The zero-order valence-corrected chi connectivity index (χ0v) is 20.0. The second-order valence-electron chi connectivity index (χ2n) is 8.58. The van der Waals surface area contributed by atoms with Gasteiger partial charge in [0.1, 0.15) is 11.6 Å². The molecule has 3 rings (SSSR count). The number of benzene rings is 2. The number of halogens is 2. The topological polar surface area (TPSA) is 70.7 Å². The Bertz CT molecular complexity index is 1100. The molecule has 9 heteroatoms. The molecule has 1 fully saturated rings. The van der Waals surface area contributed by atoms with Crippen molar-refractivity contribution in [3.05, 3.63) is 52.8 Å². The predicted octanol–water partition coefficient (Wildman–Crippen LogP) is 5.74. The van der Waals surface area contributed by atoms with Crippen LogP contribution >= 0.6 is 11.9 Å². The minimum Gasteiger partial charge on any atom is -0.496 e. The number of carbonyl (C=O) groups is 2. The summed E-state index contributed by atoms with van der Waals surface area (Å²) in [5.74, 6) is -1.70. The fourth-order valence-corrected chi connectivity index (χ4v) is 3.94. The van der Waals surface area contributed by atoms with Crippen LogP contribution in [0.25, 0.3) is 11.9 Å². The average molecular weight is 476 g/mol. The molecule has 1 aliphatic rings. The standard InChI is InChI=1S/C24H27F2N3O3S/c1-24(2,3)17-13-19(29-11-10-20(30)27-23(29)31)21(26)16(22(17)32-4)12-18(25)14-6-8-15(9-7-14)28-33-5/h6-9,12-13,28H,10-11H2,1-5H3,(H,27,30,31)/b18-12-. The molecule has 2 N–H and O–H groups in total. The average Bonchev–Trinajstić information content (AvgIpc) is 2.75. The summed E-state index contributed by atoms with van der Waals surface area (Å²) >= 11 is 1.41. The lowest BCUT2D eigenvalue weighted by atomic mass is 9.84. The molecule has 3 amide bonds. The predicted molar refractivity (Wildman–Crippen MR) is 130 cm³/mol. The number of anilines is 2. The third-order valence-electron chi connectivity index (χ3n) is 5.24. The van der Waals surface area contributed by atoms with Crippen LogP contribution in [0.4, 0.5) is 25.0 Å². The van der Waals surface area contributed by atoms with Gasteiger partial charge in [-0.25, -0.2) is 13.6 Å². The van der Waals surface area contributed by atoms with Gasteiger partial charge in [-0.3, -0.25) is 15.0 Å². The highest BCUT2D eigenvalue weighted by atomic mass is 32.2. The molecule has 1 aliphatic heterocycles. The number of hydrogen-bond acceptors (Lipinski definition) is 5. The molecular weight excluding hydrogens is 448 g/mol. The first kappa shape index (κ1) is 24.6. The van der Waals surface area contributed by atoms with Crippen molar-refractivity contribution in [1.29, 1.82) is 0 Å². The van der Waals surface area contributed by atoms with E-state index in [2.05, 4.69) is 10.0 Å². The Kier molecular flexibility index (Phi) is 7.31. The Balaban J connectivity index is 2.17. The maximum Gasteiger partial charge on any atom is 0.328 e. The van der Waals surface area contributed by atoms with Gasteiger partial charge < -0.3 is 9.46 Å². The van der Waals surface area contributed by atoms with Gasteiger partial charge in [-0.15, -0.1) is 0 Å². The minimum atomic E-state index is -0.805. The number of urea groups is 1. The van der Waals surface area contributed by atoms with E-state index in [0.29, 0.717) is 5.56 Å². The number of rotatable bonds is 6. The summed E-state index contributed by atoms with van der Waals surface area (Å²) in [7, 11) is 1.40. The Morgan fingerprint density at radius 3 is 2.45 bits per heavy atom. The highest BCUT2D eigenvalue weighted by molar-refractivity contribution is 7.99. The smallest absolute Gasteiger partial charge is 0.328 e. The van der Waals surface area contributed by atoms with Crippen LogP contribution in [0, 0.1) is 5.82 Å². The summed E-state index contributed by atoms with van der Waals surface area (Å²) in [6.07, 6.45) is 3.00. The molecule has 0 bridgehead atoms. The van der Waals surface area contributed by atoms with Crippen LogP contribution in [-0.2, 0) is 10.2 Å². The normalized spacial score (nSPS) is 14.9. The SMILES string of the molecule is COc1c(C(C)(C)C)cc(N2CCC(=O)NC2=O)c(F)c1/C=C(\F)c1ccc(NSC)cc1. The molecule has 176 valence electrons. The lowest BCUT2D eigenvalue weighted by Crippen LogP contribution is -2.50. The second-order valence-corrected chi connectivity index (χ2v) is 9.20. The van der Waals surface area contributed by atoms with Crippen LogP contribution in [0.5, 0.6) is 5.75 Å². The lowest BCUT2D eigenvalue weighted by molar-refractivity contribution is -0.120. The number of hydrogen-bond donors (Lipinski definition) is 2. The van der Waals surface area contributed by atoms with Gasteiger partial charge in [0.2, 0.25) is 5.91 Å². The molecule has 0 unspecified atom stereocenters. The van der Waals surface area contributed by atoms with Crippen molar-refractivity contribution in [3.8, 4) is 5.75 Å². The van der Waals surface area contributed by atoms with E-state index in [1.807, 2.05) is 27.0 Å². The van der Waals surface area contributed by atoms with Gasteiger partial charge in [-0.2, -0.15) is 0 Å². The quantitative estimate of drug-likeness (QED) is 0.412. The first-order valence-corrected chi connectivity index (χ1v) is 11.6. The van der Waals surface area contributed by atoms with E-state index in [0.717, 1.165) is 16.7 Å². The number of imide groups is 1. The van der Waals surface area contributed by atoms with Crippen LogP contribution in [0.2, 0.25) is 0 Å². The van der Waals surface area contributed by atoms with Gasteiger partial charge in [0.05, 0.1) is 18.4 Å². The second kappa shape index (κ2) is 9.82. The van der Waals surface area contributed by atoms with Gasteiger partial charge in [0.25, 0.3) is 0 Å². The fourth-order valence-electron chi connectivity index (χ4n) is 3.57. The van der Waals surface area contributed by atoms with Crippen LogP contribution in [0.3, 0.4) is 0 Å². The maximum absolute atomic E-state index is 15.8. The molecule has 2 aromatic carbocycles. The van der Waals surface area contributed by atoms with Gasteiger partial charge in [0, 0.05) is 36.0 Å². The summed E-state index contributed by atoms with van der Waals surface area (Å²) < 4.78 is 39.6. The van der Waals surface area contributed by atoms with Crippen molar-refractivity contribution in [3.63, 3.8) is 0 Å². The Hall–Kier alpha value is -3.07. The van der Waals surface area contributed by atoms with Crippen molar-refractivity contribution in [1.82, 2.24) is 5.32 Å². The van der Waals surface area contributed by atoms with Crippen molar-refractivity contribution in [2.45, 2.75) is 32.6 Å². The molecule has 0 radical (unpaired) electrons. The molecule has 33 heavy (non-hydrogen) atoms. The summed E-state index contributed by atoms with van der Waals surface area (Å²) in [6, 6.07) is 7.43. The summed E-state index contributed by atoms with van der Waals surface area (Å²) in [5.41, 5.74) is 1.04. The van der Waals surface area contributed by atoms with E-state index in [-0.39, 0.29) is 35.5 Å². The Morgan fingerprint density at radius 2 is 1.91 bits per heavy atom. The summed E-state index contributed by atoms with van der Waals surface area (Å²) in [5, 5.41) is 2.20. The first-order chi connectivity index (χ1) is 15.6. The molecule has 1 heterocycles. The van der Waals surface area contributed by atoms with Gasteiger partial charge in [-0.05, 0) is 41.8 Å². The van der Waals surface area contributed by atoms with Gasteiger partial charge in [0.15, 0.2) is 5.82 Å². The van der Waals surface area contributed by atoms with E-state index in [4.69, 9.17) is 4.74 Å². The van der Waals surface area contributed by atoms with E-state index in [1.54, 1.807) is 24.3 Å². The summed E-state index contributed by atoms with van der Waals surface area (Å²) in [6.45, 7) is 5.75. The molecule has 0 atom stereocenters. The van der Waals surface area contributed by atoms with Gasteiger partial charge >= 0.3 is 6.03 Å². The van der Waals surface area contributed by atoms with Crippen molar-refractivity contribution >= 4 is 47.2 Å². The minimum absolute atomic E-state index is 0.0209. The number of nitrogens with one attached hydrogen (secondary N) is 2. The number of ether oxygens (including phenoxy) is 1. The molecule has 0 saturated carbocycles. The van der Waals surface area contributed by atoms with E-state index in [1.165, 1.54) is 25.1 Å². The molecule has 6 nitrogen and oxygen atoms in total. The number of methoxy groups -OCH3 is 1. The van der Waals surface area contributed by atoms with Crippen molar-refractivity contribution in [2.75, 3.05) is 29.5 Å². The molecule has 0 spiro atoms. The third-order valence-corrected chi connectivity index (χ3v) is 5.68. The maximum atomic E-state index is 15.8. The zero-order valence-electron chi connectivity index (χ0n) is 19.2. The molecule has 2 aromatic rings. The monoisotopic (exact) mass is 475 g/mol. The fraction of sp³-hybridized carbons (Fsp3) is 0.333. The van der Waals surface area contributed by atoms with Crippen LogP contribution in [0.15, 0.2) is 30.3 Å². The largest absolute Gasteiger partial charge is 0.496 e. The lowest BCUT2D eigenvalue weighted by Gasteiger charge is -2.31. The Labute approximate surface area is 196 Å².